The molecule has 3 aromatic carbocycles. The minimum absolute atomic E-state index is 0.0467. The van der Waals surface area contributed by atoms with Gasteiger partial charge in [0.05, 0.1) is 25.3 Å². The summed E-state index contributed by atoms with van der Waals surface area (Å²) in [7, 11) is 0. The van der Waals surface area contributed by atoms with Crippen LogP contribution in [0.15, 0.2) is 66.3 Å². The lowest BCUT2D eigenvalue weighted by atomic mass is 9.82. The fourth-order valence-corrected chi connectivity index (χ4v) is 6.66. The SMILES string of the molecule is CC(C)(C)c1cc(-c2ncnc3c2sc2c3ccc3ccsc32)cc2ccccc12. The van der Waals surface area contributed by atoms with Gasteiger partial charge in [-0.15, -0.1) is 22.7 Å². The van der Waals surface area contributed by atoms with Crippen molar-refractivity contribution in [2.45, 2.75) is 26.2 Å². The van der Waals surface area contributed by atoms with Gasteiger partial charge >= 0.3 is 0 Å². The Morgan fingerprint density at radius 1 is 0.767 bits per heavy atom. The summed E-state index contributed by atoms with van der Waals surface area (Å²) in [6.07, 6.45) is 1.72. The van der Waals surface area contributed by atoms with Crippen molar-refractivity contribution in [3.63, 3.8) is 0 Å². The smallest absolute Gasteiger partial charge is 0.116 e. The van der Waals surface area contributed by atoms with Crippen LogP contribution in [-0.2, 0) is 5.41 Å². The molecule has 0 aliphatic carbocycles. The Morgan fingerprint density at radius 3 is 2.50 bits per heavy atom. The Balaban J connectivity index is 1.71. The number of thiophene rings is 2. The highest BCUT2D eigenvalue weighted by Crippen LogP contribution is 2.43. The molecule has 0 bridgehead atoms. The monoisotopic (exact) mass is 424 g/mol. The molecule has 4 heteroatoms. The number of benzene rings is 3. The summed E-state index contributed by atoms with van der Waals surface area (Å²) >= 11 is 3.63. The molecule has 30 heavy (non-hydrogen) atoms. The second-order valence-corrected chi connectivity index (χ2v) is 10.7. The van der Waals surface area contributed by atoms with Crippen LogP contribution in [0.1, 0.15) is 26.3 Å². The van der Waals surface area contributed by atoms with Crippen molar-refractivity contribution in [2.24, 2.45) is 0 Å². The maximum Gasteiger partial charge on any atom is 0.116 e. The number of fused-ring (bicyclic) bond motifs is 6. The Kier molecular flexibility index (Phi) is 3.80. The molecule has 0 saturated heterocycles. The molecule has 0 fully saturated rings. The minimum Gasteiger partial charge on any atom is -0.235 e. The van der Waals surface area contributed by atoms with Gasteiger partial charge in [-0.3, -0.25) is 0 Å². The van der Waals surface area contributed by atoms with E-state index in [1.807, 2.05) is 11.3 Å². The highest BCUT2D eigenvalue weighted by molar-refractivity contribution is 7.31. The third kappa shape index (κ3) is 2.60. The first-order valence-corrected chi connectivity index (χ1v) is 11.8. The van der Waals surface area contributed by atoms with Crippen molar-refractivity contribution in [3.05, 3.63) is 71.9 Å². The topological polar surface area (TPSA) is 25.8 Å². The maximum absolute atomic E-state index is 4.77. The molecular weight excluding hydrogens is 404 g/mol. The van der Waals surface area contributed by atoms with Crippen molar-refractivity contribution in [3.8, 4) is 11.3 Å². The van der Waals surface area contributed by atoms with E-state index in [0.29, 0.717) is 0 Å². The number of hydrogen-bond acceptors (Lipinski definition) is 4. The summed E-state index contributed by atoms with van der Waals surface area (Å²) in [5.74, 6) is 0. The summed E-state index contributed by atoms with van der Waals surface area (Å²) in [5, 5.41) is 7.27. The Hall–Kier alpha value is -2.82. The molecule has 0 aliphatic rings. The predicted molar refractivity (Wildman–Crippen MR) is 132 cm³/mol. The fourth-order valence-electron chi connectivity index (χ4n) is 4.33. The van der Waals surface area contributed by atoms with E-state index in [-0.39, 0.29) is 5.41 Å². The molecule has 0 spiro atoms. The molecular formula is C26H20N2S2. The minimum atomic E-state index is 0.0467. The Bertz CT molecular complexity index is 1580. The lowest BCUT2D eigenvalue weighted by Gasteiger charge is -2.22. The molecule has 0 saturated carbocycles. The first-order chi connectivity index (χ1) is 14.5. The third-order valence-electron chi connectivity index (χ3n) is 5.78. The van der Waals surface area contributed by atoms with Gasteiger partial charge in [-0.05, 0) is 50.7 Å². The summed E-state index contributed by atoms with van der Waals surface area (Å²) in [4.78, 5) is 9.46. The van der Waals surface area contributed by atoms with Gasteiger partial charge in [-0.2, -0.15) is 0 Å². The van der Waals surface area contributed by atoms with Crippen LogP contribution in [0.4, 0.5) is 0 Å². The first-order valence-electron chi connectivity index (χ1n) is 10.1. The largest absolute Gasteiger partial charge is 0.235 e. The molecule has 6 rings (SSSR count). The van der Waals surface area contributed by atoms with Crippen LogP contribution in [0, 0.1) is 0 Å². The van der Waals surface area contributed by atoms with Crippen molar-refractivity contribution in [1.29, 1.82) is 0 Å². The van der Waals surface area contributed by atoms with E-state index in [2.05, 4.69) is 85.7 Å². The second kappa shape index (κ2) is 6.34. The van der Waals surface area contributed by atoms with Crippen molar-refractivity contribution in [1.82, 2.24) is 9.97 Å². The lowest BCUT2D eigenvalue weighted by Crippen LogP contribution is -2.12. The van der Waals surface area contributed by atoms with E-state index >= 15 is 0 Å². The zero-order valence-electron chi connectivity index (χ0n) is 17.1. The predicted octanol–water partition coefficient (Wildman–Crippen LogP) is 8.18. The normalized spacial score (nSPS) is 12.5. The van der Waals surface area contributed by atoms with Crippen LogP contribution in [0.25, 0.3) is 52.4 Å². The van der Waals surface area contributed by atoms with Gasteiger partial charge in [-0.1, -0.05) is 57.2 Å². The highest BCUT2D eigenvalue weighted by Gasteiger charge is 2.20. The van der Waals surface area contributed by atoms with E-state index in [0.717, 1.165) is 11.2 Å². The average molecular weight is 425 g/mol. The van der Waals surface area contributed by atoms with Crippen LogP contribution in [0.3, 0.4) is 0 Å². The van der Waals surface area contributed by atoms with Crippen molar-refractivity contribution >= 4 is 63.8 Å². The molecule has 0 amide bonds. The van der Waals surface area contributed by atoms with Gasteiger partial charge in [0, 0.05) is 10.9 Å². The first kappa shape index (κ1) is 18.0. The lowest BCUT2D eigenvalue weighted by molar-refractivity contribution is 0.596. The van der Waals surface area contributed by atoms with Crippen LogP contribution in [0.2, 0.25) is 0 Å². The summed E-state index contributed by atoms with van der Waals surface area (Å²) < 4.78 is 3.83. The quantitative estimate of drug-likeness (QED) is 0.266. The molecule has 0 atom stereocenters. The number of nitrogens with zero attached hydrogens (tertiary/aromatic N) is 2. The second-order valence-electron chi connectivity index (χ2n) is 8.78. The zero-order valence-corrected chi connectivity index (χ0v) is 18.7. The summed E-state index contributed by atoms with van der Waals surface area (Å²) in [6.45, 7) is 6.84. The van der Waals surface area contributed by atoms with E-state index in [9.17, 15) is 0 Å². The average Bonchev–Trinajstić information content (AvgIpc) is 3.36. The van der Waals surface area contributed by atoms with Crippen LogP contribution < -0.4 is 0 Å². The standard InChI is InChI=1S/C26H20N2S2/c1-26(2,3)20-13-17(12-16-6-4-5-7-18(16)20)21-25-22(28-14-27-21)19-9-8-15-10-11-29-23(15)24(19)30-25/h4-14H,1-3H3. The molecule has 146 valence electrons. The van der Waals surface area contributed by atoms with Crippen LogP contribution in [0.5, 0.6) is 0 Å². The van der Waals surface area contributed by atoms with Gasteiger partial charge in [0.2, 0.25) is 0 Å². The highest BCUT2D eigenvalue weighted by atomic mass is 32.1. The van der Waals surface area contributed by atoms with Crippen molar-refractivity contribution in [2.75, 3.05) is 0 Å². The molecule has 0 aliphatic heterocycles. The molecule has 0 radical (unpaired) electrons. The molecule has 0 N–H and O–H groups in total. The van der Waals surface area contributed by atoms with Crippen molar-refractivity contribution < 1.29 is 0 Å². The molecule has 0 unspecified atom stereocenters. The van der Waals surface area contributed by atoms with Crippen LogP contribution >= 0.6 is 22.7 Å². The van der Waals surface area contributed by atoms with E-state index < -0.39 is 0 Å². The van der Waals surface area contributed by atoms with Gasteiger partial charge in [0.1, 0.15) is 6.33 Å². The molecule has 2 nitrogen and oxygen atoms in total. The van der Waals surface area contributed by atoms with E-state index in [1.54, 1.807) is 17.7 Å². The van der Waals surface area contributed by atoms with E-state index in [4.69, 9.17) is 4.98 Å². The Labute approximate surface area is 182 Å². The summed E-state index contributed by atoms with van der Waals surface area (Å²) in [5.41, 5.74) is 4.65. The van der Waals surface area contributed by atoms with Gasteiger partial charge in [-0.25, -0.2) is 9.97 Å². The Morgan fingerprint density at radius 2 is 1.63 bits per heavy atom. The zero-order chi connectivity index (χ0) is 20.5. The maximum atomic E-state index is 4.77. The van der Waals surface area contributed by atoms with Crippen LogP contribution in [-0.4, -0.2) is 9.97 Å². The van der Waals surface area contributed by atoms with Gasteiger partial charge < -0.3 is 0 Å². The molecule has 3 heterocycles. The van der Waals surface area contributed by atoms with E-state index in [1.165, 1.54) is 46.8 Å². The number of aromatic nitrogens is 2. The third-order valence-corrected chi connectivity index (χ3v) is 8.08. The molecule has 6 aromatic rings. The number of rotatable bonds is 1. The summed E-state index contributed by atoms with van der Waals surface area (Å²) in [6, 6.07) is 19.9. The fraction of sp³-hybridized carbons (Fsp3) is 0.154. The number of hydrogen-bond donors (Lipinski definition) is 0. The van der Waals surface area contributed by atoms with Gasteiger partial charge in [0.25, 0.3) is 0 Å². The van der Waals surface area contributed by atoms with Gasteiger partial charge in [0.15, 0.2) is 0 Å². The molecule has 3 aromatic heterocycles.